The number of carboxylic acid groups (broad SMARTS) is 1. The van der Waals surface area contributed by atoms with Gasteiger partial charge in [0.2, 0.25) is 0 Å². The molecule has 0 spiro atoms. The molecule has 3 heterocycles. The second kappa shape index (κ2) is 5.34. The molecule has 1 amide bonds. The van der Waals surface area contributed by atoms with E-state index in [9.17, 15) is 14.7 Å². The monoisotopic (exact) mass is 390 g/mol. The lowest BCUT2D eigenvalue weighted by Crippen LogP contribution is -2.30. The van der Waals surface area contributed by atoms with Gasteiger partial charge in [0.1, 0.15) is 0 Å². The first-order valence-electron chi connectivity index (χ1n) is 7.60. The Morgan fingerprint density at radius 1 is 1.42 bits per heavy atom. The van der Waals surface area contributed by atoms with Crippen molar-refractivity contribution in [2.24, 2.45) is 7.05 Å². The highest BCUT2D eigenvalue weighted by Crippen LogP contribution is 2.30. The van der Waals surface area contributed by atoms with Crippen LogP contribution < -0.4 is 5.69 Å². The minimum Gasteiger partial charge on any atom is -0.465 e. The molecule has 1 fully saturated rings. The molecule has 4 rings (SSSR count). The molecule has 2 aromatic heterocycles. The van der Waals surface area contributed by atoms with E-state index in [4.69, 9.17) is 0 Å². The Morgan fingerprint density at radius 2 is 2.21 bits per heavy atom. The first-order chi connectivity index (χ1) is 11.5. The molecule has 1 saturated heterocycles. The van der Waals surface area contributed by atoms with E-state index in [1.54, 1.807) is 22.4 Å². The number of hydrogen-bond acceptors (Lipinski definition) is 3. The number of pyridine rings is 1. The van der Waals surface area contributed by atoms with Crippen LogP contribution in [0.4, 0.5) is 4.79 Å². The first-order valence-corrected chi connectivity index (χ1v) is 8.39. The van der Waals surface area contributed by atoms with Crippen LogP contribution in [0.5, 0.6) is 0 Å². The van der Waals surface area contributed by atoms with Crippen molar-refractivity contribution in [3.63, 3.8) is 0 Å². The fourth-order valence-electron chi connectivity index (χ4n) is 3.46. The van der Waals surface area contributed by atoms with Crippen molar-refractivity contribution in [1.29, 1.82) is 0 Å². The zero-order valence-electron chi connectivity index (χ0n) is 12.9. The topological polar surface area (TPSA) is 80.4 Å². The molecule has 0 bridgehead atoms. The molecule has 1 aliphatic rings. The minimum absolute atomic E-state index is 0.142. The summed E-state index contributed by atoms with van der Waals surface area (Å²) in [6, 6.07) is 5.60. The van der Waals surface area contributed by atoms with Gasteiger partial charge in [0.15, 0.2) is 0 Å². The average Bonchev–Trinajstić information content (AvgIpc) is 3.12. The molecule has 0 aliphatic carbocycles. The number of imidazole rings is 1. The minimum atomic E-state index is -0.944. The van der Waals surface area contributed by atoms with Crippen molar-refractivity contribution in [3.8, 4) is 0 Å². The van der Waals surface area contributed by atoms with Crippen molar-refractivity contribution < 1.29 is 9.90 Å². The maximum Gasteiger partial charge on any atom is 0.407 e. The van der Waals surface area contributed by atoms with Gasteiger partial charge in [0, 0.05) is 30.0 Å². The van der Waals surface area contributed by atoms with E-state index < -0.39 is 6.09 Å². The summed E-state index contributed by atoms with van der Waals surface area (Å²) >= 11 is 3.47. The van der Waals surface area contributed by atoms with E-state index in [0.717, 1.165) is 26.4 Å². The average molecular weight is 391 g/mol. The summed E-state index contributed by atoms with van der Waals surface area (Å²) in [5.41, 5.74) is 2.22. The van der Waals surface area contributed by atoms with Gasteiger partial charge >= 0.3 is 11.8 Å². The van der Waals surface area contributed by atoms with Gasteiger partial charge in [-0.2, -0.15) is 0 Å². The molecule has 7 nitrogen and oxygen atoms in total. The van der Waals surface area contributed by atoms with Gasteiger partial charge in [-0.3, -0.25) is 14.1 Å². The Balaban J connectivity index is 2.01. The summed E-state index contributed by atoms with van der Waals surface area (Å²) in [6.45, 7) is 0.766. The fourth-order valence-corrected chi connectivity index (χ4v) is 3.83. The molecule has 0 saturated carbocycles. The van der Waals surface area contributed by atoms with E-state index in [1.165, 1.54) is 4.90 Å². The third-order valence-corrected chi connectivity index (χ3v) is 5.17. The van der Waals surface area contributed by atoms with Crippen LogP contribution in [0.25, 0.3) is 21.9 Å². The number of hydrogen-bond donors (Lipinski definition) is 1. The van der Waals surface area contributed by atoms with Crippen molar-refractivity contribution in [2.75, 3.05) is 13.1 Å². The molecule has 8 heteroatoms. The first kappa shape index (κ1) is 15.2. The maximum absolute atomic E-state index is 12.8. The van der Waals surface area contributed by atoms with Gasteiger partial charge in [-0.1, -0.05) is 15.9 Å². The third-order valence-electron chi connectivity index (χ3n) is 4.68. The lowest BCUT2D eigenvalue weighted by atomic mass is 10.1. The van der Waals surface area contributed by atoms with Crippen LogP contribution in [0.1, 0.15) is 12.5 Å². The van der Waals surface area contributed by atoms with E-state index in [-0.39, 0.29) is 11.7 Å². The molecule has 0 unspecified atom stereocenters. The second-order valence-corrected chi connectivity index (χ2v) is 6.95. The lowest BCUT2D eigenvalue weighted by molar-refractivity contribution is 0.154. The summed E-state index contributed by atoms with van der Waals surface area (Å²) < 4.78 is 4.21. The van der Waals surface area contributed by atoms with E-state index in [0.29, 0.717) is 19.5 Å². The zero-order chi connectivity index (χ0) is 17.0. The van der Waals surface area contributed by atoms with Crippen molar-refractivity contribution in [2.45, 2.75) is 12.5 Å². The Kier molecular flexibility index (Phi) is 3.38. The number of halogens is 1. The highest BCUT2D eigenvalue weighted by molar-refractivity contribution is 9.10. The summed E-state index contributed by atoms with van der Waals surface area (Å²) in [7, 11) is 1.72. The molecule has 3 aromatic rings. The molecule has 24 heavy (non-hydrogen) atoms. The summed E-state index contributed by atoms with van der Waals surface area (Å²) in [5.74, 6) is 0. The number of amides is 1. The highest BCUT2D eigenvalue weighted by Gasteiger charge is 2.30. The zero-order valence-corrected chi connectivity index (χ0v) is 14.5. The Hall–Kier alpha value is -2.35. The predicted octanol–water partition coefficient (Wildman–Crippen LogP) is 2.58. The van der Waals surface area contributed by atoms with Gasteiger partial charge in [0.25, 0.3) is 0 Å². The normalized spacial score (nSPS) is 17.9. The molecular formula is C16H15BrN4O3. The molecule has 1 atom stereocenters. The Labute approximate surface area is 145 Å². The van der Waals surface area contributed by atoms with Crippen LogP contribution in [0.15, 0.2) is 33.7 Å². The van der Waals surface area contributed by atoms with Crippen LogP contribution in [-0.4, -0.2) is 43.3 Å². The van der Waals surface area contributed by atoms with E-state index in [1.807, 2.05) is 18.2 Å². The van der Waals surface area contributed by atoms with Crippen LogP contribution in [0, 0.1) is 0 Å². The Morgan fingerprint density at radius 3 is 2.92 bits per heavy atom. The highest BCUT2D eigenvalue weighted by atomic mass is 79.9. The van der Waals surface area contributed by atoms with Crippen LogP contribution in [-0.2, 0) is 7.05 Å². The summed E-state index contributed by atoms with van der Waals surface area (Å²) in [4.78, 5) is 29.8. The molecule has 124 valence electrons. The number of aromatic nitrogens is 3. The number of benzene rings is 1. The van der Waals surface area contributed by atoms with E-state index >= 15 is 0 Å². The van der Waals surface area contributed by atoms with Gasteiger partial charge in [-0.15, -0.1) is 0 Å². The molecule has 0 radical (unpaired) electrons. The standard InChI is InChI=1S/C16H15BrN4O3/c1-19-13-7-18-12-3-2-9(17)6-11(12)14(13)21(15(19)22)10-4-5-20(8-10)16(23)24/h2-3,6-7,10H,4-5,8H2,1H3,(H,23,24)/t10-/m1/s1. The van der Waals surface area contributed by atoms with Gasteiger partial charge in [-0.05, 0) is 24.6 Å². The van der Waals surface area contributed by atoms with Crippen molar-refractivity contribution >= 4 is 44.0 Å². The van der Waals surface area contributed by atoms with Gasteiger partial charge in [0.05, 0.1) is 28.8 Å². The van der Waals surface area contributed by atoms with Crippen LogP contribution >= 0.6 is 15.9 Å². The maximum atomic E-state index is 12.8. The van der Waals surface area contributed by atoms with Gasteiger partial charge in [-0.25, -0.2) is 9.59 Å². The largest absolute Gasteiger partial charge is 0.465 e. The predicted molar refractivity (Wildman–Crippen MR) is 93.4 cm³/mol. The Bertz CT molecular complexity index is 1040. The fraction of sp³-hybridized carbons (Fsp3) is 0.312. The molecule has 1 aromatic carbocycles. The number of fused-ring (bicyclic) bond motifs is 3. The smallest absolute Gasteiger partial charge is 0.407 e. The SMILES string of the molecule is Cn1c(=O)n([C@@H]2CCN(C(=O)O)C2)c2c3cc(Br)ccc3ncc21. The number of carbonyl (C=O) groups is 1. The number of rotatable bonds is 1. The lowest BCUT2D eigenvalue weighted by Gasteiger charge is -2.14. The molecule has 1 aliphatic heterocycles. The number of nitrogens with zero attached hydrogens (tertiary/aromatic N) is 4. The second-order valence-electron chi connectivity index (χ2n) is 6.04. The quantitative estimate of drug-likeness (QED) is 0.692. The van der Waals surface area contributed by atoms with E-state index in [2.05, 4.69) is 20.9 Å². The van der Waals surface area contributed by atoms with Crippen molar-refractivity contribution in [3.05, 3.63) is 39.4 Å². The summed E-state index contributed by atoms with van der Waals surface area (Å²) in [6.07, 6.45) is 1.39. The summed E-state index contributed by atoms with van der Waals surface area (Å²) in [5, 5.41) is 10.1. The van der Waals surface area contributed by atoms with Crippen molar-refractivity contribution in [1.82, 2.24) is 19.0 Å². The molecular weight excluding hydrogens is 376 g/mol. The molecule has 1 N–H and O–H groups in total. The van der Waals surface area contributed by atoms with Gasteiger partial charge < -0.3 is 10.0 Å². The number of likely N-dealkylation sites (tertiary alicyclic amines) is 1. The number of aryl methyl sites for hydroxylation is 1. The third kappa shape index (κ3) is 2.13. The van der Waals surface area contributed by atoms with Crippen LogP contribution in [0.3, 0.4) is 0 Å². The van der Waals surface area contributed by atoms with Crippen LogP contribution in [0.2, 0.25) is 0 Å².